The quantitative estimate of drug-likeness (QED) is 0.776. The molecule has 0 saturated carbocycles. The molecule has 1 aliphatic rings. The molecule has 0 bridgehead atoms. The summed E-state index contributed by atoms with van der Waals surface area (Å²) >= 11 is 0. The van der Waals surface area contributed by atoms with E-state index in [0.29, 0.717) is 5.56 Å². The van der Waals surface area contributed by atoms with Crippen LogP contribution in [0.4, 0.5) is 13.2 Å². The summed E-state index contributed by atoms with van der Waals surface area (Å²) in [5, 5.41) is 0. The van der Waals surface area contributed by atoms with Crippen LogP contribution in [0.25, 0.3) is 0 Å². The van der Waals surface area contributed by atoms with Crippen molar-refractivity contribution in [3.8, 4) is 0 Å². The van der Waals surface area contributed by atoms with Crippen molar-refractivity contribution < 1.29 is 17.9 Å². The van der Waals surface area contributed by atoms with Gasteiger partial charge in [-0.25, -0.2) is 0 Å². The molecule has 1 aromatic rings. The Morgan fingerprint density at radius 3 is 2.69 bits per heavy atom. The van der Waals surface area contributed by atoms with Gasteiger partial charge in [0.15, 0.2) is 6.23 Å². The lowest BCUT2D eigenvalue weighted by Gasteiger charge is -2.22. The summed E-state index contributed by atoms with van der Waals surface area (Å²) in [6.07, 6.45) is -2.08. The van der Waals surface area contributed by atoms with Crippen LogP contribution in [-0.2, 0) is 10.9 Å². The summed E-state index contributed by atoms with van der Waals surface area (Å²) in [4.78, 5) is 0. The smallest absolute Gasteiger partial charge is 0.416 e. The highest BCUT2D eigenvalue weighted by molar-refractivity contribution is 5.27. The Morgan fingerprint density at radius 2 is 2.06 bits per heavy atom. The van der Waals surface area contributed by atoms with Crippen molar-refractivity contribution in [2.45, 2.75) is 12.4 Å². The summed E-state index contributed by atoms with van der Waals surface area (Å²) < 4.78 is 42.4. The number of hydrogen-bond donors (Lipinski definition) is 2. The van der Waals surface area contributed by atoms with E-state index in [4.69, 9.17) is 4.74 Å². The van der Waals surface area contributed by atoms with Crippen LogP contribution in [0.1, 0.15) is 17.4 Å². The van der Waals surface area contributed by atoms with E-state index in [2.05, 4.69) is 10.9 Å². The molecule has 3 nitrogen and oxygen atoms in total. The molecule has 1 unspecified atom stereocenters. The van der Waals surface area contributed by atoms with E-state index in [1.807, 2.05) is 0 Å². The SMILES string of the molecule is FC(F)(F)c1cccc(C2NNC=CO2)c1. The Labute approximate surface area is 89.9 Å². The number of ether oxygens (including phenoxy) is 1. The number of hydrogen-bond acceptors (Lipinski definition) is 3. The van der Waals surface area contributed by atoms with Gasteiger partial charge in [0.1, 0.15) is 6.26 Å². The van der Waals surface area contributed by atoms with Gasteiger partial charge in [-0.2, -0.15) is 18.6 Å². The lowest BCUT2D eigenvalue weighted by Crippen LogP contribution is -2.35. The normalized spacial score (nSPS) is 20.1. The Morgan fingerprint density at radius 1 is 1.25 bits per heavy atom. The minimum absolute atomic E-state index is 0.409. The number of halogens is 3. The maximum absolute atomic E-state index is 12.4. The minimum Gasteiger partial charge on any atom is -0.476 e. The second-order valence-electron chi connectivity index (χ2n) is 3.23. The largest absolute Gasteiger partial charge is 0.476 e. The first-order valence-corrected chi connectivity index (χ1v) is 4.56. The molecule has 0 aliphatic carbocycles. The molecule has 1 aliphatic heterocycles. The van der Waals surface area contributed by atoms with Crippen molar-refractivity contribution in [1.29, 1.82) is 0 Å². The van der Waals surface area contributed by atoms with Crippen LogP contribution in [0.5, 0.6) is 0 Å². The van der Waals surface area contributed by atoms with E-state index in [9.17, 15) is 13.2 Å². The van der Waals surface area contributed by atoms with Crippen molar-refractivity contribution in [2.24, 2.45) is 0 Å². The zero-order chi connectivity index (χ0) is 11.6. The standard InChI is InChI=1S/C10H9F3N2O/c11-10(12,13)8-3-1-2-7(6-8)9-15-14-4-5-16-9/h1-6,9,14-15H. The highest BCUT2D eigenvalue weighted by Crippen LogP contribution is 2.31. The Balaban J connectivity index is 2.25. The lowest BCUT2D eigenvalue weighted by molar-refractivity contribution is -0.137. The van der Waals surface area contributed by atoms with Gasteiger partial charge in [-0.1, -0.05) is 12.1 Å². The van der Waals surface area contributed by atoms with Crippen LogP contribution >= 0.6 is 0 Å². The Hall–Kier alpha value is -1.69. The van der Waals surface area contributed by atoms with Crippen molar-refractivity contribution in [3.63, 3.8) is 0 Å². The molecule has 1 aromatic carbocycles. The molecule has 1 atom stereocenters. The highest BCUT2D eigenvalue weighted by atomic mass is 19.4. The number of rotatable bonds is 1. The molecule has 0 aromatic heterocycles. The molecule has 1 heterocycles. The van der Waals surface area contributed by atoms with Crippen LogP contribution in [0.3, 0.4) is 0 Å². The molecule has 0 fully saturated rings. The van der Waals surface area contributed by atoms with Crippen LogP contribution in [0, 0.1) is 0 Å². The van der Waals surface area contributed by atoms with E-state index in [1.54, 1.807) is 6.07 Å². The average Bonchev–Trinajstić information content (AvgIpc) is 2.29. The third-order valence-electron chi connectivity index (χ3n) is 2.10. The fourth-order valence-corrected chi connectivity index (χ4v) is 1.35. The summed E-state index contributed by atoms with van der Waals surface area (Å²) in [6.45, 7) is 0. The van der Waals surface area contributed by atoms with Crippen LogP contribution < -0.4 is 10.9 Å². The first-order chi connectivity index (χ1) is 7.57. The first-order valence-electron chi connectivity index (χ1n) is 4.56. The zero-order valence-electron chi connectivity index (χ0n) is 8.08. The second kappa shape index (κ2) is 4.05. The van der Waals surface area contributed by atoms with Crippen molar-refractivity contribution in [3.05, 3.63) is 47.9 Å². The fraction of sp³-hybridized carbons (Fsp3) is 0.200. The molecule has 0 radical (unpaired) electrons. The monoisotopic (exact) mass is 230 g/mol. The molecular weight excluding hydrogens is 221 g/mol. The van der Waals surface area contributed by atoms with Crippen LogP contribution in [-0.4, -0.2) is 0 Å². The molecule has 2 rings (SSSR count). The summed E-state index contributed by atoms with van der Waals surface area (Å²) in [5.41, 5.74) is 5.06. The molecule has 0 saturated heterocycles. The van der Waals surface area contributed by atoms with Gasteiger partial charge < -0.3 is 10.2 Å². The number of benzene rings is 1. The molecule has 0 amide bonds. The predicted octanol–water partition coefficient (Wildman–Crippen LogP) is 2.30. The first kappa shape index (κ1) is 10.8. The van der Waals surface area contributed by atoms with E-state index < -0.39 is 18.0 Å². The lowest BCUT2D eigenvalue weighted by atomic mass is 10.1. The maximum atomic E-state index is 12.4. The number of alkyl halides is 3. The number of hydrazine groups is 1. The topological polar surface area (TPSA) is 33.3 Å². The maximum Gasteiger partial charge on any atom is 0.416 e. The molecule has 0 spiro atoms. The highest BCUT2D eigenvalue weighted by Gasteiger charge is 2.31. The van der Waals surface area contributed by atoms with E-state index in [0.717, 1.165) is 12.1 Å². The zero-order valence-corrected chi connectivity index (χ0v) is 8.08. The molecular formula is C10H9F3N2O. The second-order valence-corrected chi connectivity index (χ2v) is 3.23. The van der Waals surface area contributed by atoms with E-state index >= 15 is 0 Å². The fourth-order valence-electron chi connectivity index (χ4n) is 1.35. The summed E-state index contributed by atoms with van der Waals surface area (Å²) in [6, 6.07) is 4.99. The van der Waals surface area contributed by atoms with Crippen LogP contribution in [0.2, 0.25) is 0 Å². The number of nitrogens with one attached hydrogen (secondary N) is 2. The summed E-state index contributed by atoms with van der Waals surface area (Å²) in [7, 11) is 0. The third-order valence-corrected chi connectivity index (χ3v) is 2.10. The van der Waals surface area contributed by atoms with E-state index in [-0.39, 0.29) is 0 Å². The van der Waals surface area contributed by atoms with Gasteiger partial charge in [-0.15, -0.1) is 0 Å². The van der Waals surface area contributed by atoms with Gasteiger partial charge in [0, 0.05) is 11.8 Å². The average molecular weight is 230 g/mol. The van der Waals surface area contributed by atoms with Crippen molar-refractivity contribution >= 4 is 0 Å². The molecule has 6 heteroatoms. The van der Waals surface area contributed by atoms with E-state index in [1.165, 1.54) is 18.5 Å². The van der Waals surface area contributed by atoms with Gasteiger partial charge in [0.05, 0.1) is 5.56 Å². The minimum atomic E-state index is -4.34. The van der Waals surface area contributed by atoms with Crippen LogP contribution in [0.15, 0.2) is 36.7 Å². The predicted molar refractivity (Wildman–Crippen MR) is 50.7 cm³/mol. The van der Waals surface area contributed by atoms with Gasteiger partial charge in [-0.3, -0.25) is 0 Å². The molecule has 86 valence electrons. The van der Waals surface area contributed by atoms with Gasteiger partial charge >= 0.3 is 6.18 Å². The Kier molecular flexibility index (Phi) is 2.74. The van der Waals surface area contributed by atoms with Crippen molar-refractivity contribution in [1.82, 2.24) is 10.9 Å². The summed E-state index contributed by atoms with van der Waals surface area (Å²) in [5.74, 6) is 0. The molecule has 2 N–H and O–H groups in total. The third kappa shape index (κ3) is 2.27. The van der Waals surface area contributed by atoms with Gasteiger partial charge in [-0.05, 0) is 12.1 Å². The Bertz CT molecular complexity index is 403. The van der Waals surface area contributed by atoms with Crippen molar-refractivity contribution in [2.75, 3.05) is 0 Å². The van der Waals surface area contributed by atoms with Gasteiger partial charge in [0.2, 0.25) is 0 Å². The molecule has 16 heavy (non-hydrogen) atoms. The van der Waals surface area contributed by atoms with Gasteiger partial charge in [0.25, 0.3) is 0 Å².